The smallest absolute Gasteiger partial charge is 0.410 e. The van der Waals surface area contributed by atoms with Gasteiger partial charge in [0.1, 0.15) is 22.8 Å². The third-order valence-corrected chi connectivity index (χ3v) is 9.95. The third kappa shape index (κ3) is 13.5. The van der Waals surface area contributed by atoms with Crippen LogP contribution >= 0.6 is 0 Å². The lowest BCUT2D eigenvalue weighted by Crippen LogP contribution is -2.48. The van der Waals surface area contributed by atoms with Gasteiger partial charge in [-0.05, 0) is 92.4 Å². The number of piperazine rings is 1. The number of carbonyl (C=O) groups is 3. The second-order valence-corrected chi connectivity index (χ2v) is 16.5. The number of rotatable bonds is 13. The maximum absolute atomic E-state index is 13.5. The van der Waals surface area contributed by atoms with E-state index in [1.54, 1.807) is 6.07 Å². The normalized spacial score (nSPS) is 20.8. The molecule has 51 heavy (non-hydrogen) atoms. The van der Waals surface area contributed by atoms with Crippen LogP contribution in [-0.4, -0.2) is 124 Å². The molecular formula is C37H64N8O6. The molecule has 2 amide bonds. The summed E-state index contributed by atoms with van der Waals surface area (Å²) in [5, 5.41) is 12.4. The number of anilines is 3. The monoisotopic (exact) mass is 716 g/mol. The number of nitrogens with one attached hydrogen (secondary N) is 1. The standard InChI is InChI=1S/C37H64N8O6/c1-36(2,3)50-34(48)44(28-11-8-7-9-12-28)18-10-19-45(35(49)51-37(4,5)6)29-15-13-27(14-16-29)26-39-33-40-30(38)25-31(41-33)43-23-21-42(22-24-43)20-17-32(46)47/h25,27-29H,7-24,26H2,1-6H3,(H,46,47)(H3,38,39,40,41). The Bertz CT molecular complexity index is 1280. The Kier molecular flexibility index (Phi) is 14.4. The summed E-state index contributed by atoms with van der Waals surface area (Å²) in [5.74, 6) is 1.29. The number of nitrogen functional groups attached to an aromatic ring is 1. The van der Waals surface area contributed by atoms with Crippen LogP contribution in [0.2, 0.25) is 0 Å². The maximum Gasteiger partial charge on any atom is 0.410 e. The van der Waals surface area contributed by atoms with Gasteiger partial charge in [-0.2, -0.15) is 9.97 Å². The fourth-order valence-corrected chi connectivity index (χ4v) is 7.34. The van der Waals surface area contributed by atoms with Crippen molar-refractivity contribution in [1.29, 1.82) is 0 Å². The number of aliphatic carboxylic acids is 1. The molecule has 1 aliphatic heterocycles. The summed E-state index contributed by atoms with van der Waals surface area (Å²) in [6.07, 6.45) is 9.25. The first-order valence-corrected chi connectivity index (χ1v) is 19.1. The van der Waals surface area contributed by atoms with Crippen molar-refractivity contribution in [3.63, 3.8) is 0 Å². The predicted octanol–water partition coefficient (Wildman–Crippen LogP) is 5.82. The van der Waals surface area contributed by atoms with Crippen LogP contribution in [0.5, 0.6) is 0 Å². The summed E-state index contributed by atoms with van der Waals surface area (Å²) >= 11 is 0. The second-order valence-electron chi connectivity index (χ2n) is 16.5. The van der Waals surface area contributed by atoms with E-state index in [9.17, 15) is 14.4 Å². The largest absolute Gasteiger partial charge is 0.481 e. The highest BCUT2D eigenvalue weighted by atomic mass is 16.6. The minimum Gasteiger partial charge on any atom is -0.481 e. The first-order chi connectivity index (χ1) is 24.1. The van der Waals surface area contributed by atoms with Crippen molar-refractivity contribution in [2.45, 2.75) is 135 Å². The van der Waals surface area contributed by atoms with Crippen LogP contribution in [0.25, 0.3) is 0 Å². The van der Waals surface area contributed by atoms with Gasteiger partial charge in [-0.1, -0.05) is 19.3 Å². The third-order valence-electron chi connectivity index (χ3n) is 9.95. The van der Waals surface area contributed by atoms with E-state index >= 15 is 0 Å². The van der Waals surface area contributed by atoms with Crippen LogP contribution in [0.3, 0.4) is 0 Å². The highest BCUT2D eigenvalue weighted by Gasteiger charge is 2.34. The molecule has 1 aromatic heterocycles. The number of carboxylic acid groups (broad SMARTS) is 1. The van der Waals surface area contributed by atoms with Crippen LogP contribution in [0.4, 0.5) is 27.2 Å². The highest BCUT2D eigenvalue weighted by Crippen LogP contribution is 2.30. The summed E-state index contributed by atoms with van der Waals surface area (Å²) in [6, 6.07) is 2.02. The zero-order valence-electron chi connectivity index (χ0n) is 32.0. The average Bonchev–Trinajstić information content (AvgIpc) is 3.05. The summed E-state index contributed by atoms with van der Waals surface area (Å²) in [6.45, 7) is 16.7. The van der Waals surface area contributed by atoms with Gasteiger partial charge in [-0.3, -0.25) is 9.69 Å². The van der Waals surface area contributed by atoms with Crippen molar-refractivity contribution in [1.82, 2.24) is 24.7 Å². The molecule has 3 fully saturated rings. The molecule has 14 heteroatoms. The predicted molar refractivity (Wildman–Crippen MR) is 199 cm³/mol. The molecule has 1 saturated heterocycles. The molecule has 2 aliphatic carbocycles. The van der Waals surface area contributed by atoms with Crippen LogP contribution in [0, 0.1) is 5.92 Å². The van der Waals surface area contributed by atoms with Crippen molar-refractivity contribution < 1.29 is 29.0 Å². The van der Waals surface area contributed by atoms with E-state index in [4.69, 9.17) is 25.3 Å². The molecule has 288 valence electrons. The maximum atomic E-state index is 13.5. The molecule has 0 radical (unpaired) electrons. The molecule has 4 N–H and O–H groups in total. The summed E-state index contributed by atoms with van der Waals surface area (Å²) in [4.78, 5) is 55.1. The van der Waals surface area contributed by atoms with Crippen molar-refractivity contribution >= 4 is 35.7 Å². The molecule has 0 spiro atoms. The molecule has 1 aromatic rings. The van der Waals surface area contributed by atoms with Gasteiger partial charge in [0.25, 0.3) is 0 Å². The Morgan fingerprint density at radius 2 is 1.39 bits per heavy atom. The number of amides is 2. The first kappa shape index (κ1) is 40.2. The Morgan fingerprint density at radius 3 is 1.92 bits per heavy atom. The van der Waals surface area contributed by atoms with Crippen molar-refractivity contribution in [3.8, 4) is 0 Å². The number of carboxylic acids is 1. The summed E-state index contributed by atoms with van der Waals surface area (Å²) in [5.41, 5.74) is 5.01. The molecular weight excluding hydrogens is 652 g/mol. The second kappa shape index (κ2) is 18.3. The Balaban J connectivity index is 1.31. The van der Waals surface area contributed by atoms with E-state index in [2.05, 4.69) is 20.1 Å². The lowest BCUT2D eigenvalue weighted by Gasteiger charge is -2.39. The zero-order chi connectivity index (χ0) is 37.2. The number of nitrogens with two attached hydrogens (primary N) is 1. The fourth-order valence-electron chi connectivity index (χ4n) is 7.34. The molecule has 0 aromatic carbocycles. The van der Waals surface area contributed by atoms with Gasteiger partial charge in [-0.25, -0.2) is 9.59 Å². The van der Waals surface area contributed by atoms with Gasteiger partial charge in [0, 0.05) is 70.5 Å². The lowest BCUT2D eigenvalue weighted by molar-refractivity contribution is -0.137. The van der Waals surface area contributed by atoms with E-state index in [-0.39, 0.29) is 30.7 Å². The Labute approximate surface area is 304 Å². The Morgan fingerprint density at radius 1 is 0.843 bits per heavy atom. The molecule has 0 bridgehead atoms. The minimum atomic E-state index is -0.779. The van der Waals surface area contributed by atoms with Gasteiger partial charge in [0.2, 0.25) is 5.95 Å². The highest BCUT2D eigenvalue weighted by molar-refractivity contribution is 5.69. The molecule has 14 nitrogen and oxygen atoms in total. The Hall–Kier alpha value is -3.55. The van der Waals surface area contributed by atoms with Crippen LogP contribution in [0.15, 0.2) is 6.07 Å². The molecule has 2 heterocycles. The number of ether oxygens (including phenoxy) is 2. The van der Waals surface area contributed by atoms with Crippen LogP contribution < -0.4 is 16.0 Å². The van der Waals surface area contributed by atoms with Crippen molar-refractivity contribution in [2.24, 2.45) is 5.92 Å². The lowest BCUT2D eigenvalue weighted by atomic mass is 9.85. The van der Waals surface area contributed by atoms with E-state index in [1.165, 1.54) is 6.42 Å². The van der Waals surface area contributed by atoms with E-state index < -0.39 is 17.2 Å². The number of hydrogen-bond donors (Lipinski definition) is 3. The number of hydrogen-bond acceptors (Lipinski definition) is 11. The van der Waals surface area contributed by atoms with Gasteiger partial charge in [0.15, 0.2) is 0 Å². The molecule has 3 aliphatic rings. The van der Waals surface area contributed by atoms with E-state index in [0.717, 1.165) is 83.4 Å². The number of carbonyl (C=O) groups excluding carboxylic acids is 2. The number of nitrogens with zero attached hydrogens (tertiary/aromatic N) is 6. The van der Waals surface area contributed by atoms with Crippen LogP contribution in [-0.2, 0) is 14.3 Å². The van der Waals surface area contributed by atoms with E-state index in [0.29, 0.717) is 50.3 Å². The number of aromatic nitrogens is 2. The van der Waals surface area contributed by atoms with Gasteiger partial charge in [0.05, 0.1) is 6.42 Å². The quantitative estimate of drug-likeness (QED) is 0.224. The summed E-state index contributed by atoms with van der Waals surface area (Å²) in [7, 11) is 0. The minimum absolute atomic E-state index is 0.0603. The van der Waals surface area contributed by atoms with Crippen molar-refractivity contribution in [3.05, 3.63) is 6.07 Å². The van der Waals surface area contributed by atoms with Gasteiger partial charge < -0.3 is 40.3 Å². The summed E-state index contributed by atoms with van der Waals surface area (Å²) < 4.78 is 11.7. The van der Waals surface area contributed by atoms with Gasteiger partial charge in [-0.15, -0.1) is 0 Å². The molecule has 0 unspecified atom stereocenters. The zero-order valence-corrected chi connectivity index (χ0v) is 32.0. The van der Waals surface area contributed by atoms with Crippen molar-refractivity contribution in [2.75, 3.05) is 68.3 Å². The van der Waals surface area contributed by atoms with Crippen LogP contribution in [0.1, 0.15) is 112 Å². The first-order valence-electron chi connectivity index (χ1n) is 19.1. The SMILES string of the molecule is CC(C)(C)OC(=O)N(CCCN(C(=O)OC(C)(C)C)C1CCC(CNc2nc(N)cc(N3CCN(CCC(=O)O)CC3)n2)CC1)C1CCCCC1. The average molecular weight is 717 g/mol. The topological polar surface area (TPSA) is 167 Å². The molecule has 2 saturated carbocycles. The van der Waals surface area contributed by atoms with Gasteiger partial charge >= 0.3 is 18.2 Å². The molecule has 0 atom stereocenters. The molecule has 4 rings (SSSR count). The van der Waals surface area contributed by atoms with E-state index in [1.807, 2.05) is 51.3 Å². The fraction of sp³-hybridized carbons (Fsp3) is 0.811.